The molecule has 0 fully saturated rings. The predicted molar refractivity (Wildman–Crippen MR) is 58.3 cm³/mol. The fraction of sp³-hybridized carbons (Fsp3) is 0.364. The van der Waals surface area contributed by atoms with Gasteiger partial charge in [0.05, 0.1) is 13.7 Å². The molecule has 0 aromatic heterocycles. The van der Waals surface area contributed by atoms with Crippen LogP contribution in [0.25, 0.3) is 0 Å². The van der Waals surface area contributed by atoms with Crippen LogP contribution in [0.5, 0.6) is 5.75 Å². The van der Waals surface area contributed by atoms with Crippen LogP contribution >= 0.6 is 0 Å². The Bertz CT molecular complexity index is 323. The van der Waals surface area contributed by atoms with Crippen molar-refractivity contribution in [3.8, 4) is 5.75 Å². The van der Waals surface area contributed by atoms with Gasteiger partial charge in [-0.2, -0.15) is 0 Å². The van der Waals surface area contributed by atoms with E-state index in [4.69, 9.17) is 9.84 Å². The van der Waals surface area contributed by atoms with Crippen molar-refractivity contribution >= 4 is 6.09 Å². The Kier molecular flexibility index (Phi) is 5.15. The molecule has 0 atom stereocenters. The van der Waals surface area contributed by atoms with Crippen LogP contribution in [0.2, 0.25) is 0 Å². The van der Waals surface area contributed by atoms with E-state index in [-0.39, 0.29) is 13.2 Å². The first kappa shape index (κ1) is 12.3. The molecule has 1 rings (SSSR count). The Hall–Kier alpha value is -1.75. The number of nitrogens with one attached hydrogen (secondary N) is 1. The third-order valence-electron chi connectivity index (χ3n) is 1.92. The van der Waals surface area contributed by atoms with E-state index >= 15 is 0 Å². The van der Waals surface area contributed by atoms with Crippen molar-refractivity contribution in [2.45, 2.75) is 6.54 Å². The van der Waals surface area contributed by atoms with Crippen LogP contribution in [0.15, 0.2) is 24.3 Å². The maximum atomic E-state index is 11.0. The zero-order valence-corrected chi connectivity index (χ0v) is 9.10. The van der Waals surface area contributed by atoms with Crippen molar-refractivity contribution in [2.75, 3.05) is 20.3 Å². The highest BCUT2D eigenvalue weighted by molar-refractivity contribution is 5.67. The summed E-state index contributed by atoms with van der Waals surface area (Å²) in [5.41, 5.74) is 0.946. The molecule has 88 valence electrons. The van der Waals surface area contributed by atoms with Crippen molar-refractivity contribution in [1.82, 2.24) is 5.32 Å². The Morgan fingerprint density at radius 1 is 1.38 bits per heavy atom. The monoisotopic (exact) mass is 225 g/mol. The molecule has 16 heavy (non-hydrogen) atoms. The van der Waals surface area contributed by atoms with E-state index in [0.717, 1.165) is 11.3 Å². The molecule has 0 aliphatic rings. The summed E-state index contributed by atoms with van der Waals surface area (Å²) < 4.78 is 9.64. The Morgan fingerprint density at radius 2 is 2.06 bits per heavy atom. The molecular weight excluding hydrogens is 210 g/mol. The summed E-state index contributed by atoms with van der Waals surface area (Å²) in [4.78, 5) is 11.0. The number of rotatable bonds is 5. The van der Waals surface area contributed by atoms with Crippen LogP contribution < -0.4 is 10.1 Å². The number of aliphatic hydroxyl groups is 1. The minimum Gasteiger partial charge on any atom is -0.497 e. The van der Waals surface area contributed by atoms with E-state index in [1.165, 1.54) is 0 Å². The third kappa shape index (κ3) is 4.18. The molecule has 0 aliphatic heterocycles. The van der Waals surface area contributed by atoms with Crippen LogP contribution in [0, 0.1) is 0 Å². The number of methoxy groups -OCH3 is 1. The molecule has 1 aromatic carbocycles. The average Bonchev–Trinajstić information content (AvgIpc) is 2.34. The van der Waals surface area contributed by atoms with Crippen LogP contribution in [0.4, 0.5) is 4.79 Å². The standard InChI is InChI=1S/C11H15NO4/c1-15-10-4-2-9(3-5-10)8-12-11(14)16-7-6-13/h2-5,13H,6-8H2,1H3,(H,12,14). The zero-order chi connectivity index (χ0) is 11.8. The number of carbonyl (C=O) groups is 1. The van der Waals surface area contributed by atoms with Gasteiger partial charge in [-0.1, -0.05) is 12.1 Å². The normalized spacial score (nSPS) is 9.62. The average molecular weight is 225 g/mol. The molecule has 0 radical (unpaired) electrons. The minimum absolute atomic E-state index is 0.00838. The van der Waals surface area contributed by atoms with E-state index in [1.807, 2.05) is 24.3 Å². The van der Waals surface area contributed by atoms with E-state index in [0.29, 0.717) is 6.54 Å². The lowest BCUT2D eigenvalue weighted by atomic mass is 10.2. The zero-order valence-electron chi connectivity index (χ0n) is 9.10. The van der Waals surface area contributed by atoms with Crippen LogP contribution in [-0.4, -0.2) is 31.5 Å². The van der Waals surface area contributed by atoms with Gasteiger partial charge in [0.1, 0.15) is 12.4 Å². The van der Waals surface area contributed by atoms with Crippen LogP contribution in [-0.2, 0) is 11.3 Å². The second kappa shape index (κ2) is 6.68. The predicted octanol–water partition coefficient (Wildman–Crippen LogP) is 0.914. The summed E-state index contributed by atoms with van der Waals surface area (Å²) in [7, 11) is 1.60. The van der Waals surface area contributed by atoms with Gasteiger partial charge in [0.2, 0.25) is 0 Å². The van der Waals surface area contributed by atoms with Gasteiger partial charge in [0, 0.05) is 6.54 Å². The lowest BCUT2D eigenvalue weighted by Crippen LogP contribution is -2.24. The van der Waals surface area contributed by atoms with Crippen molar-refractivity contribution in [1.29, 1.82) is 0 Å². The second-order valence-electron chi connectivity index (χ2n) is 3.06. The summed E-state index contributed by atoms with van der Waals surface area (Å²) in [6, 6.07) is 7.34. The molecule has 0 bridgehead atoms. The highest BCUT2D eigenvalue weighted by Gasteiger charge is 2.01. The largest absolute Gasteiger partial charge is 0.497 e. The Labute approximate surface area is 94.0 Å². The van der Waals surface area contributed by atoms with Crippen LogP contribution in [0.3, 0.4) is 0 Å². The molecule has 1 amide bonds. The topological polar surface area (TPSA) is 67.8 Å². The molecule has 0 heterocycles. The highest BCUT2D eigenvalue weighted by atomic mass is 16.6. The number of benzene rings is 1. The minimum atomic E-state index is -0.537. The summed E-state index contributed by atoms with van der Waals surface area (Å²) in [6.45, 7) is 0.221. The smallest absolute Gasteiger partial charge is 0.407 e. The fourth-order valence-corrected chi connectivity index (χ4v) is 1.11. The van der Waals surface area contributed by atoms with E-state index in [2.05, 4.69) is 10.1 Å². The van der Waals surface area contributed by atoms with Gasteiger partial charge in [-0.15, -0.1) is 0 Å². The molecule has 5 nitrogen and oxygen atoms in total. The van der Waals surface area contributed by atoms with Crippen molar-refractivity contribution in [3.63, 3.8) is 0 Å². The number of hydrogen-bond donors (Lipinski definition) is 2. The molecule has 0 saturated carbocycles. The maximum absolute atomic E-state index is 11.0. The van der Waals surface area contributed by atoms with Gasteiger partial charge in [-0.3, -0.25) is 0 Å². The quantitative estimate of drug-likeness (QED) is 0.781. The van der Waals surface area contributed by atoms with Crippen molar-refractivity contribution < 1.29 is 19.4 Å². The van der Waals surface area contributed by atoms with Gasteiger partial charge >= 0.3 is 6.09 Å². The lowest BCUT2D eigenvalue weighted by Gasteiger charge is -2.06. The molecular formula is C11H15NO4. The van der Waals surface area contributed by atoms with Crippen molar-refractivity contribution in [2.24, 2.45) is 0 Å². The lowest BCUT2D eigenvalue weighted by molar-refractivity contribution is 0.119. The molecule has 2 N–H and O–H groups in total. The van der Waals surface area contributed by atoms with E-state index < -0.39 is 6.09 Å². The number of carbonyl (C=O) groups excluding carboxylic acids is 1. The molecule has 0 saturated heterocycles. The number of hydrogen-bond acceptors (Lipinski definition) is 4. The maximum Gasteiger partial charge on any atom is 0.407 e. The summed E-state index contributed by atoms with van der Waals surface area (Å²) in [6.07, 6.45) is -0.537. The highest BCUT2D eigenvalue weighted by Crippen LogP contribution is 2.10. The summed E-state index contributed by atoms with van der Waals surface area (Å²) in [5, 5.41) is 11.0. The number of alkyl carbamates (subject to hydrolysis) is 1. The van der Waals surface area contributed by atoms with E-state index in [1.54, 1.807) is 7.11 Å². The molecule has 0 unspecified atom stereocenters. The van der Waals surface area contributed by atoms with E-state index in [9.17, 15) is 4.79 Å². The van der Waals surface area contributed by atoms with Gasteiger partial charge in [-0.25, -0.2) is 4.79 Å². The van der Waals surface area contributed by atoms with Crippen LogP contribution in [0.1, 0.15) is 5.56 Å². The first-order valence-electron chi connectivity index (χ1n) is 4.90. The summed E-state index contributed by atoms with van der Waals surface area (Å²) in [5.74, 6) is 0.770. The third-order valence-corrected chi connectivity index (χ3v) is 1.92. The number of amides is 1. The van der Waals surface area contributed by atoms with Gasteiger partial charge in [0.15, 0.2) is 0 Å². The number of ether oxygens (including phenoxy) is 2. The molecule has 5 heteroatoms. The first-order chi connectivity index (χ1) is 7.76. The van der Waals surface area contributed by atoms with Gasteiger partial charge in [-0.05, 0) is 17.7 Å². The van der Waals surface area contributed by atoms with Gasteiger partial charge in [0.25, 0.3) is 0 Å². The fourth-order valence-electron chi connectivity index (χ4n) is 1.11. The molecule has 1 aromatic rings. The Balaban J connectivity index is 2.33. The number of aliphatic hydroxyl groups excluding tert-OH is 1. The molecule has 0 aliphatic carbocycles. The first-order valence-corrected chi connectivity index (χ1v) is 4.90. The SMILES string of the molecule is COc1ccc(CNC(=O)OCCO)cc1. The van der Waals surface area contributed by atoms with Crippen molar-refractivity contribution in [3.05, 3.63) is 29.8 Å². The second-order valence-corrected chi connectivity index (χ2v) is 3.06. The molecule has 0 spiro atoms. The Morgan fingerprint density at radius 3 is 2.62 bits per heavy atom. The summed E-state index contributed by atoms with van der Waals surface area (Å²) >= 11 is 0. The van der Waals surface area contributed by atoms with Gasteiger partial charge < -0.3 is 19.9 Å².